The van der Waals surface area contributed by atoms with Crippen molar-refractivity contribution in [2.75, 3.05) is 0 Å². The first-order valence-electron chi connectivity index (χ1n) is 21.9. The van der Waals surface area contributed by atoms with E-state index in [2.05, 4.69) is 48.5 Å². The fraction of sp³-hybridized carbons (Fsp3) is 0.143. The zero-order valence-electron chi connectivity index (χ0n) is 38.0. The SMILES string of the molecule is CC(=O)SCc1cccc(-c2c3nc(c(-c4cccc(CSC(C)=O)c4)c4ccc([n-]4)c(-c4cccc(CSC(C)=O)c4)c4nc(c(-c5cccc(CSC(C)=O)c5)c5ccc2[n-]5)C=C4)C=C3)c1.[Cu+2]. The van der Waals surface area contributed by atoms with Crippen LogP contribution in [0.4, 0.5) is 0 Å². The van der Waals surface area contributed by atoms with Gasteiger partial charge in [0.2, 0.25) is 0 Å². The van der Waals surface area contributed by atoms with Crippen molar-refractivity contribution < 1.29 is 36.2 Å². The Labute approximate surface area is 428 Å². The first kappa shape index (κ1) is 49.5. The molecule has 3 aromatic heterocycles. The zero-order chi connectivity index (χ0) is 47.3. The van der Waals surface area contributed by atoms with Gasteiger partial charge in [0.05, 0.1) is 22.8 Å². The molecule has 13 heteroatoms. The van der Waals surface area contributed by atoms with Crippen LogP contribution in [0.1, 0.15) is 72.7 Å². The summed E-state index contributed by atoms with van der Waals surface area (Å²) in [5.41, 5.74) is 16.6. The number of hydrogen-bond acceptors (Lipinski definition) is 10. The van der Waals surface area contributed by atoms with Gasteiger partial charge >= 0.3 is 17.1 Å². The molecule has 8 nitrogen and oxygen atoms in total. The molecule has 0 atom stereocenters. The number of rotatable bonds is 12. The third-order valence-electron chi connectivity index (χ3n) is 11.2. The van der Waals surface area contributed by atoms with Gasteiger partial charge in [-0.1, -0.05) is 168 Å². The van der Waals surface area contributed by atoms with Crippen LogP contribution in [-0.2, 0) is 59.3 Å². The fourth-order valence-corrected chi connectivity index (χ4v) is 10.5. The Balaban J connectivity index is 0.00000642. The smallest absolute Gasteiger partial charge is 0.657 e. The minimum atomic E-state index is 0. The number of thioether (sulfide) groups is 4. The van der Waals surface area contributed by atoms with E-state index in [0.29, 0.717) is 67.9 Å². The summed E-state index contributed by atoms with van der Waals surface area (Å²) in [4.78, 5) is 70.0. The second-order valence-corrected chi connectivity index (χ2v) is 20.9. The summed E-state index contributed by atoms with van der Waals surface area (Å²) in [6.07, 6.45) is 8.11. The summed E-state index contributed by atoms with van der Waals surface area (Å²) in [6, 6.07) is 40.9. The van der Waals surface area contributed by atoms with Crippen molar-refractivity contribution in [3.63, 3.8) is 0 Å². The van der Waals surface area contributed by atoms with Crippen LogP contribution in [0.5, 0.6) is 0 Å². The van der Waals surface area contributed by atoms with Crippen LogP contribution in [0, 0.1) is 0 Å². The molecule has 5 heterocycles. The van der Waals surface area contributed by atoms with Gasteiger partial charge < -0.3 is 9.97 Å². The number of hydrogen-bond donors (Lipinski definition) is 0. The maximum absolute atomic E-state index is 12.1. The van der Waals surface area contributed by atoms with Gasteiger partial charge in [-0.05, 0) is 91.1 Å². The van der Waals surface area contributed by atoms with Crippen LogP contribution < -0.4 is 9.97 Å². The minimum absolute atomic E-state index is 0. The van der Waals surface area contributed by atoms with Crippen molar-refractivity contribution in [3.8, 4) is 44.5 Å². The molecule has 0 saturated heterocycles. The van der Waals surface area contributed by atoms with Crippen LogP contribution in [0.2, 0.25) is 0 Å². The first-order chi connectivity index (χ1) is 32.9. The predicted molar refractivity (Wildman–Crippen MR) is 286 cm³/mol. The second-order valence-electron chi connectivity index (χ2n) is 16.3. The number of aromatic nitrogens is 4. The van der Waals surface area contributed by atoms with E-state index in [1.807, 2.05) is 97.1 Å². The van der Waals surface area contributed by atoms with E-state index >= 15 is 0 Å². The molecule has 0 unspecified atom stereocenters. The van der Waals surface area contributed by atoms with E-state index in [-0.39, 0.29) is 37.5 Å². The quantitative estimate of drug-likeness (QED) is 0.108. The van der Waals surface area contributed by atoms with Gasteiger partial charge in [0.15, 0.2) is 20.5 Å². The van der Waals surface area contributed by atoms with E-state index < -0.39 is 0 Å². The summed E-state index contributed by atoms with van der Waals surface area (Å²) >= 11 is 5.08. The number of carbonyl (C=O) groups excluding carboxylic acids is 4. The number of fused-ring (bicyclic) bond motifs is 8. The van der Waals surface area contributed by atoms with Crippen molar-refractivity contribution >= 4 is 114 Å². The van der Waals surface area contributed by atoms with Gasteiger partial charge in [-0.3, -0.25) is 19.2 Å². The Kier molecular flexibility index (Phi) is 15.9. The van der Waals surface area contributed by atoms with Crippen molar-refractivity contribution in [2.24, 2.45) is 0 Å². The maximum Gasteiger partial charge on any atom is 2.00 e. The maximum atomic E-state index is 12.1. The summed E-state index contributed by atoms with van der Waals surface area (Å²) < 4.78 is 0. The van der Waals surface area contributed by atoms with Gasteiger partial charge in [0.1, 0.15) is 0 Å². The van der Waals surface area contributed by atoms with Gasteiger partial charge in [0, 0.05) is 50.7 Å². The summed E-state index contributed by atoms with van der Waals surface area (Å²) in [7, 11) is 0. The first-order valence-corrected chi connectivity index (χ1v) is 25.9. The molecule has 2 aliphatic rings. The summed E-state index contributed by atoms with van der Waals surface area (Å²) in [5.74, 6) is 2.11. The summed E-state index contributed by atoms with van der Waals surface area (Å²) in [6.45, 7) is 6.32. The predicted octanol–water partition coefficient (Wildman–Crippen LogP) is 13.7. The van der Waals surface area contributed by atoms with E-state index in [4.69, 9.17) is 19.9 Å². The van der Waals surface area contributed by atoms with Crippen molar-refractivity contribution in [2.45, 2.75) is 50.7 Å². The molecule has 0 fully saturated rings. The Bertz CT molecular complexity index is 2970. The molecule has 0 N–H and O–H groups in total. The summed E-state index contributed by atoms with van der Waals surface area (Å²) in [5, 5.41) is 0.193. The Hall–Kier alpha value is -5.92. The number of nitrogens with zero attached hydrogens (tertiary/aromatic N) is 4. The molecule has 0 saturated carbocycles. The molecule has 69 heavy (non-hydrogen) atoms. The van der Waals surface area contributed by atoms with Crippen molar-refractivity contribution in [1.29, 1.82) is 0 Å². The Morgan fingerprint density at radius 1 is 0.377 bits per heavy atom. The molecule has 0 spiro atoms. The molecule has 8 bridgehead atoms. The Morgan fingerprint density at radius 2 is 0.609 bits per heavy atom. The largest absolute Gasteiger partial charge is 2.00 e. The van der Waals surface area contributed by atoms with E-state index in [1.165, 1.54) is 47.0 Å². The topological polar surface area (TPSA) is 122 Å². The molecule has 2 aliphatic heterocycles. The zero-order valence-corrected chi connectivity index (χ0v) is 42.2. The normalized spacial score (nSPS) is 11.7. The van der Waals surface area contributed by atoms with Gasteiger partial charge in [-0.2, -0.15) is 0 Å². The minimum Gasteiger partial charge on any atom is -0.657 e. The van der Waals surface area contributed by atoms with E-state index in [0.717, 1.165) is 66.8 Å². The second kappa shape index (κ2) is 22.2. The van der Waals surface area contributed by atoms with Crippen LogP contribution in [-0.4, -0.2) is 30.4 Å². The van der Waals surface area contributed by atoms with Crippen LogP contribution in [0.15, 0.2) is 121 Å². The monoisotopic (exact) mass is 1030 g/mol. The standard InChI is InChI=1S/C56H44N4O4S4.Cu/c1-33(61)65-29-37-9-5-13-41(25-37)53-45-17-19-47(57-45)54(42-14-6-10-38(26-42)30-66-34(2)62)49-21-23-51(59-49)56(44-16-8-12-40(28-44)32-68-36(4)64)52-24-22-50(60-52)55(48-20-18-46(53)58-48)43-15-7-11-39(27-43)31-67-35(3)63;/h5-28H,29-32H2,1-4H3;/q-2;+2. The Morgan fingerprint density at radius 3 is 0.826 bits per heavy atom. The van der Waals surface area contributed by atoms with Crippen LogP contribution in [0.25, 0.3) is 90.9 Å². The number of carbonyl (C=O) groups is 4. The average molecular weight is 1030 g/mol. The van der Waals surface area contributed by atoms with Crippen molar-refractivity contribution in [3.05, 3.63) is 166 Å². The van der Waals surface area contributed by atoms with Gasteiger partial charge in [0.25, 0.3) is 0 Å². The molecular weight excluding hydrogens is 984 g/mol. The fourth-order valence-electron chi connectivity index (χ4n) is 8.28. The third-order valence-corrected chi connectivity index (χ3v) is 14.8. The van der Waals surface area contributed by atoms with Gasteiger partial charge in [-0.15, -0.1) is 22.1 Å². The third kappa shape index (κ3) is 11.8. The van der Waals surface area contributed by atoms with Crippen LogP contribution in [0.3, 0.4) is 0 Å². The molecule has 0 aliphatic carbocycles. The van der Waals surface area contributed by atoms with Crippen molar-refractivity contribution in [1.82, 2.24) is 19.9 Å². The van der Waals surface area contributed by atoms with Crippen LogP contribution >= 0.6 is 47.0 Å². The van der Waals surface area contributed by atoms with Gasteiger partial charge in [-0.25, -0.2) is 9.97 Å². The molecular formula is C56H44CuN4O4S4. The molecule has 9 rings (SSSR count). The van der Waals surface area contributed by atoms with E-state index in [9.17, 15) is 19.2 Å². The average Bonchev–Trinajstić information content (AvgIpc) is 4.18. The van der Waals surface area contributed by atoms with E-state index in [1.54, 1.807) is 27.7 Å². The molecule has 4 aromatic carbocycles. The molecule has 7 aromatic rings. The molecule has 1 radical (unpaired) electrons. The number of benzene rings is 4. The molecule has 0 amide bonds. The molecule has 347 valence electrons.